The van der Waals surface area contributed by atoms with E-state index in [1.807, 2.05) is 6.07 Å². The Bertz CT molecular complexity index is 972. The Morgan fingerprint density at radius 2 is 1.74 bits per heavy atom. The first-order valence-electron chi connectivity index (χ1n) is 8.96. The number of esters is 1. The van der Waals surface area contributed by atoms with Gasteiger partial charge in [-0.3, -0.25) is 4.79 Å². The number of carbonyl (C=O) groups excluding carboxylic acids is 1. The molecule has 1 N–H and O–H groups in total. The van der Waals surface area contributed by atoms with Gasteiger partial charge in [-0.1, -0.05) is 30.3 Å². The van der Waals surface area contributed by atoms with Gasteiger partial charge < -0.3 is 14.8 Å². The third-order valence-corrected chi connectivity index (χ3v) is 6.28. The average Bonchev–Trinajstić information content (AvgIpc) is 2.72. The van der Waals surface area contributed by atoms with Crippen molar-refractivity contribution in [1.29, 1.82) is 0 Å². The molecule has 170 valence electrons. The van der Waals surface area contributed by atoms with E-state index in [1.54, 1.807) is 24.3 Å². The number of benzene rings is 2. The fraction of sp³-hybridized carbons (Fsp3) is 0.316. The van der Waals surface area contributed by atoms with E-state index >= 15 is 0 Å². The van der Waals surface area contributed by atoms with Crippen LogP contribution in [-0.2, 0) is 26.2 Å². The van der Waals surface area contributed by atoms with Gasteiger partial charge in [0.15, 0.2) is 0 Å². The summed E-state index contributed by atoms with van der Waals surface area (Å²) in [6.07, 6.45) is -4.88. The van der Waals surface area contributed by atoms with Crippen LogP contribution in [0.15, 0.2) is 59.5 Å². The fourth-order valence-corrected chi connectivity index (χ4v) is 4.53. The van der Waals surface area contributed by atoms with Crippen molar-refractivity contribution in [2.45, 2.75) is 23.9 Å². The number of hydrogen-bond acceptors (Lipinski definition) is 6. The number of alkyl halides is 3. The third kappa shape index (κ3) is 6.57. The van der Waals surface area contributed by atoms with Crippen LogP contribution < -0.4 is 10.1 Å². The van der Waals surface area contributed by atoms with Crippen LogP contribution in [0.25, 0.3) is 0 Å². The van der Waals surface area contributed by atoms with Gasteiger partial charge in [0.05, 0.1) is 4.90 Å². The average molecular weight is 481 g/mol. The molecule has 0 bridgehead atoms. The first-order chi connectivity index (χ1) is 14.2. The lowest BCUT2D eigenvalue weighted by atomic mass is 10.2. The van der Waals surface area contributed by atoms with Crippen LogP contribution in [-0.4, -0.2) is 50.7 Å². The van der Waals surface area contributed by atoms with E-state index in [4.69, 9.17) is 4.74 Å². The Morgan fingerprint density at radius 1 is 1.10 bits per heavy atom. The minimum Gasteiger partial charge on any atom is -0.460 e. The lowest BCUT2D eigenvalue weighted by Gasteiger charge is -2.33. The van der Waals surface area contributed by atoms with E-state index in [9.17, 15) is 26.4 Å². The Kier molecular flexibility index (Phi) is 8.29. The van der Waals surface area contributed by atoms with Crippen LogP contribution in [0.5, 0.6) is 5.75 Å². The number of nitrogens with zero attached hydrogens (tertiary/aromatic N) is 1. The van der Waals surface area contributed by atoms with Gasteiger partial charge in [-0.25, -0.2) is 8.42 Å². The largest absolute Gasteiger partial charge is 0.573 e. The highest BCUT2D eigenvalue weighted by Crippen LogP contribution is 2.26. The van der Waals surface area contributed by atoms with Crippen LogP contribution in [0.4, 0.5) is 13.2 Å². The molecule has 0 aromatic heterocycles. The van der Waals surface area contributed by atoms with E-state index in [2.05, 4.69) is 10.1 Å². The summed E-state index contributed by atoms with van der Waals surface area (Å²) < 4.78 is 72.9. The molecule has 0 spiro atoms. The van der Waals surface area contributed by atoms with Crippen LogP contribution in [0, 0.1) is 0 Å². The zero-order valence-corrected chi connectivity index (χ0v) is 17.7. The van der Waals surface area contributed by atoms with Crippen LogP contribution >= 0.6 is 12.4 Å². The van der Waals surface area contributed by atoms with Crippen molar-refractivity contribution in [3.8, 4) is 5.75 Å². The Hall–Kier alpha value is -2.34. The molecule has 0 radical (unpaired) electrons. The van der Waals surface area contributed by atoms with Gasteiger partial charge in [0.2, 0.25) is 10.0 Å². The maximum atomic E-state index is 13.0. The van der Waals surface area contributed by atoms with Crippen molar-refractivity contribution in [2.75, 3.05) is 19.6 Å². The molecule has 7 nitrogen and oxygen atoms in total. The Labute approximate surface area is 183 Å². The highest BCUT2D eigenvalue weighted by molar-refractivity contribution is 7.89. The van der Waals surface area contributed by atoms with Gasteiger partial charge in [0, 0.05) is 19.6 Å². The number of rotatable bonds is 6. The highest BCUT2D eigenvalue weighted by Gasteiger charge is 2.39. The molecule has 0 amide bonds. The molecule has 1 saturated heterocycles. The number of ether oxygens (including phenoxy) is 2. The molecule has 1 aliphatic heterocycles. The topological polar surface area (TPSA) is 84.9 Å². The summed E-state index contributed by atoms with van der Waals surface area (Å²) in [4.78, 5) is 12.3. The van der Waals surface area contributed by atoms with Crippen molar-refractivity contribution in [3.63, 3.8) is 0 Å². The van der Waals surface area contributed by atoms with Crippen molar-refractivity contribution in [2.24, 2.45) is 0 Å². The van der Waals surface area contributed by atoms with Gasteiger partial charge in [-0.15, -0.1) is 25.6 Å². The van der Waals surface area contributed by atoms with Gasteiger partial charge >= 0.3 is 12.3 Å². The number of nitrogens with one attached hydrogen (secondary N) is 1. The summed E-state index contributed by atoms with van der Waals surface area (Å²) in [7, 11) is -4.14. The molecule has 0 aliphatic carbocycles. The second kappa shape index (κ2) is 10.3. The van der Waals surface area contributed by atoms with Gasteiger partial charge in [0.1, 0.15) is 18.4 Å². The van der Waals surface area contributed by atoms with Crippen molar-refractivity contribution in [1.82, 2.24) is 9.62 Å². The summed E-state index contributed by atoms with van der Waals surface area (Å²) in [5.74, 6) is -1.26. The second-order valence-corrected chi connectivity index (χ2v) is 8.34. The highest BCUT2D eigenvalue weighted by atomic mass is 35.5. The fourth-order valence-electron chi connectivity index (χ4n) is 2.95. The SMILES string of the molecule is Cl.O=C(OCc1ccccc1)[C@H]1CNCCN1S(=O)(=O)c1ccc(OC(F)(F)F)cc1. The monoisotopic (exact) mass is 480 g/mol. The second-order valence-electron chi connectivity index (χ2n) is 6.45. The number of hydrogen-bond donors (Lipinski definition) is 1. The predicted molar refractivity (Wildman–Crippen MR) is 107 cm³/mol. The number of halogens is 4. The molecule has 2 aromatic rings. The van der Waals surface area contributed by atoms with E-state index in [1.165, 1.54) is 0 Å². The van der Waals surface area contributed by atoms with Gasteiger partial charge in [-0.05, 0) is 29.8 Å². The maximum absolute atomic E-state index is 13.0. The third-order valence-electron chi connectivity index (χ3n) is 4.35. The molecule has 31 heavy (non-hydrogen) atoms. The standard InChI is InChI=1S/C19H19F3N2O5S.ClH/c20-19(21,22)29-15-6-8-16(9-7-15)30(26,27)24-11-10-23-12-17(24)18(25)28-13-14-4-2-1-3-5-14;/h1-9,17,23H,10-13H2;1H/t17-;/m1./s1. The molecule has 3 rings (SSSR count). The Morgan fingerprint density at radius 3 is 2.35 bits per heavy atom. The lowest BCUT2D eigenvalue weighted by Crippen LogP contribution is -2.57. The molecule has 0 unspecified atom stereocenters. The molecule has 1 fully saturated rings. The molecule has 1 atom stereocenters. The number of carbonyl (C=O) groups is 1. The molecular weight excluding hydrogens is 461 g/mol. The summed E-state index contributed by atoms with van der Waals surface area (Å²) >= 11 is 0. The maximum Gasteiger partial charge on any atom is 0.573 e. The van der Waals surface area contributed by atoms with Gasteiger partial charge in [0.25, 0.3) is 0 Å². The smallest absolute Gasteiger partial charge is 0.460 e. The molecule has 2 aromatic carbocycles. The minimum absolute atomic E-state index is 0. The van der Waals surface area contributed by atoms with Crippen LogP contribution in [0.3, 0.4) is 0 Å². The van der Waals surface area contributed by atoms with Crippen LogP contribution in [0.2, 0.25) is 0 Å². The molecule has 1 heterocycles. The lowest BCUT2D eigenvalue weighted by molar-refractivity contribution is -0.274. The molecule has 12 heteroatoms. The Balaban J connectivity index is 0.00000341. The first-order valence-corrected chi connectivity index (χ1v) is 10.4. The summed E-state index contributed by atoms with van der Waals surface area (Å²) in [6.45, 7) is 0.376. The summed E-state index contributed by atoms with van der Waals surface area (Å²) in [5, 5.41) is 2.95. The summed E-state index contributed by atoms with van der Waals surface area (Å²) in [5.41, 5.74) is 0.754. The van der Waals surface area contributed by atoms with E-state index in [-0.39, 0.29) is 37.0 Å². The van der Waals surface area contributed by atoms with Crippen LogP contribution in [0.1, 0.15) is 5.56 Å². The van der Waals surface area contributed by atoms with E-state index in [0.717, 1.165) is 34.1 Å². The molecule has 0 saturated carbocycles. The normalized spacial score (nSPS) is 17.5. The number of sulfonamides is 1. The number of piperazine rings is 1. The van der Waals surface area contributed by atoms with Crippen molar-refractivity contribution in [3.05, 3.63) is 60.2 Å². The van der Waals surface area contributed by atoms with Crippen molar-refractivity contribution >= 4 is 28.4 Å². The molecular formula is C19H20ClF3N2O5S. The van der Waals surface area contributed by atoms with E-state index in [0.29, 0.717) is 6.54 Å². The first kappa shape index (κ1) is 24.9. The zero-order chi connectivity index (χ0) is 21.8. The summed E-state index contributed by atoms with van der Waals surface area (Å²) in [6, 6.07) is 11.7. The van der Waals surface area contributed by atoms with Crippen molar-refractivity contribution < 1.29 is 35.9 Å². The predicted octanol–water partition coefficient (Wildman–Crippen LogP) is 2.71. The quantitative estimate of drug-likeness (QED) is 0.640. The minimum atomic E-state index is -4.88. The van der Waals surface area contributed by atoms with E-state index < -0.39 is 34.1 Å². The van der Waals surface area contributed by atoms with Gasteiger partial charge in [-0.2, -0.15) is 4.31 Å². The zero-order valence-electron chi connectivity index (χ0n) is 16.0. The molecule has 1 aliphatic rings.